The zero-order chi connectivity index (χ0) is 29.6. The van der Waals surface area contributed by atoms with Crippen LogP contribution in [0.25, 0.3) is 0 Å². The van der Waals surface area contributed by atoms with Crippen LogP contribution in [0.5, 0.6) is 0 Å². The van der Waals surface area contributed by atoms with E-state index in [1.54, 1.807) is 30.3 Å². The highest BCUT2D eigenvalue weighted by Crippen LogP contribution is 2.51. The summed E-state index contributed by atoms with van der Waals surface area (Å²) in [6.45, 7) is 2.38. The van der Waals surface area contributed by atoms with E-state index >= 15 is 0 Å². The van der Waals surface area contributed by atoms with Crippen molar-refractivity contribution < 1.29 is 40.7 Å². The van der Waals surface area contributed by atoms with Gasteiger partial charge in [-0.25, -0.2) is 0 Å². The Balaban J connectivity index is 1.40. The van der Waals surface area contributed by atoms with Gasteiger partial charge in [-0.1, -0.05) is 30.3 Å². The van der Waals surface area contributed by atoms with E-state index in [2.05, 4.69) is 4.90 Å². The van der Waals surface area contributed by atoms with Crippen molar-refractivity contribution in [3.05, 3.63) is 70.8 Å². The summed E-state index contributed by atoms with van der Waals surface area (Å²) in [5.41, 5.74) is -4.38. The van der Waals surface area contributed by atoms with Crippen LogP contribution in [-0.2, 0) is 21.9 Å². The fourth-order valence-electron chi connectivity index (χ4n) is 6.32. The fourth-order valence-corrected chi connectivity index (χ4v) is 6.32. The smallest absolute Gasteiger partial charge is 0.339 e. The summed E-state index contributed by atoms with van der Waals surface area (Å²) in [5.74, 6) is -2.46. The summed E-state index contributed by atoms with van der Waals surface area (Å²) in [5, 5.41) is 0. The third kappa shape index (κ3) is 5.58. The number of imide groups is 1. The Bertz CT molecular complexity index is 1280. The van der Waals surface area contributed by atoms with Gasteiger partial charge in [0, 0.05) is 31.7 Å². The first-order chi connectivity index (χ1) is 19.3. The first kappa shape index (κ1) is 29.1. The first-order valence-electron chi connectivity index (χ1n) is 13.5. The van der Waals surface area contributed by atoms with E-state index < -0.39 is 46.3 Å². The highest BCUT2D eigenvalue weighted by Gasteiger charge is 2.60. The van der Waals surface area contributed by atoms with Crippen molar-refractivity contribution in [2.24, 2.45) is 5.41 Å². The lowest BCUT2D eigenvalue weighted by Gasteiger charge is -2.40. The third-order valence-electron chi connectivity index (χ3n) is 8.49. The Labute approximate surface area is 232 Å². The molecular formula is C29H29F6N3O3. The Morgan fingerprint density at radius 1 is 0.805 bits per heavy atom. The lowest BCUT2D eigenvalue weighted by molar-refractivity contribution is -0.144. The maximum absolute atomic E-state index is 13.9. The van der Waals surface area contributed by atoms with Crippen LogP contribution in [0.15, 0.2) is 48.5 Å². The van der Waals surface area contributed by atoms with Gasteiger partial charge >= 0.3 is 12.4 Å². The molecule has 0 saturated carbocycles. The molecule has 0 aliphatic carbocycles. The number of carbonyl (C=O) groups is 3. The maximum Gasteiger partial charge on any atom is 0.416 e. The molecule has 220 valence electrons. The van der Waals surface area contributed by atoms with Crippen molar-refractivity contribution >= 4 is 17.7 Å². The number of benzene rings is 2. The van der Waals surface area contributed by atoms with Gasteiger partial charge in [-0.3, -0.25) is 19.3 Å². The van der Waals surface area contributed by atoms with E-state index in [0.717, 1.165) is 30.8 Å². The number of rotatable bonds is 5. The zero-order valence-corrected chi connectivity index (χ0v) is 22.1. The van der Waals surface area contributed by atoms with Crippen molar-refractivity contribution in [1.29, 1.82) is 0 Å². The number of carbonyl (C=O) groups excluding carboxylic acids is 3. The molecule has 6 nitrogen and oxygen atoms in total. The third-order valence-corrected chi connectivity index (χ3v) is 8.49. The van der Waals surface area contributed by atoms with Crippen LogP contribution in [-0.4, -0.2) is 71.7 Å². The predicted molar refractivity (Wildman–Crippen MR) is 136 cm³/mol. The van der Waals surface area contributed by atoms with E-state index in [9.17, 15) is 40.7 Å². The molecule has 0 radical (unpaired) electrons. The van der Waals surface area contributed by atoms with E-state index in [-0.39, 0.29) is 50.4 Å². The molecule has 1 unspecified atom stereocenters. The summed E-state index contributed by atoms with van der Waals surface area (Å²) in [6, 6.07) is 9.65. The normalized spacial score (nSPS) is 21.8. The number of amides is 3. The number of hydrogen-bond donors (Lipinski definition) is 0. The number of alkyl halides is 6. The molecule has 0 bridgehead atoms. The molecule has 0 aromatic heterocycles. The summed E-state index contributed by atoms with van der Waals surface area (Å²) in [7, 11) is 0. The molecular weight excluding hydrogens is 552 g/mol. The SMILES string of the molecule is O=C(c1cc(C(F)(F)F)cc(C(F)(F)F)c1)N1CCC2(CC1)C(=O)N(CCN1CCCC1)C(=O)C2c1ccccc1. The van der Waals surface area contributed by atoms with Gasteiger partial charge in [0.15, 0.2) is 0 Å². The first-order valence-corrected chi connectivity index (χ1v) is 13.5. The molecule has 3 fully saturated rings. The zero-order valence-electron chi connectivity index (χ0n) is 22.1. The van der Waals surface area contributed by atoms with Gasteiger partial charge < -0.3 is 9.80 Å². The van der Waals surface area contributed by atoms with E-state index in [1.807, 2.05) is 0 Å². The Morgan fingerprint density at radius 2 is 1.37 bits per heavy atom. The van der Waals surface area contributed by atoms with Crippen LogP contribution >= 0.6 is 0 Å². The maximum atomic E-state index is 13.9. The number of nitrogens with zero attached hydrogens (tertiary/aromatic N) is 3. The second kappa shape index (κ2) is 10.8. The molecule has 3 aliphatic heterocycles. The van der Waals surface area contributed by atoms with Gasteiger partial charge in [-0.15, -0.1) is 0 Å². The molecule has 3 amide bonds. The van der Waals surface area contributed by atoms with Gasteiger partial charge in [0.05, 0.1) is 22.5 Å². The average Bonchev–Trinajstić information content (AvgIpc) is 3.52. The van der Waals surface area contributed by atoms with E-state index in [1.165, 1.54) is 4.90 Å². The van der Waals surface area contributed by atoms with Gasteiger partial charge in [-0.2, -0.15) is 26.3 Å². The van der Waals surface area contributed by atoms with Crippen molar-refractivity contribution in [3.63, 3.8) is 0 Å². The Kier molecular flexibility index (Phi) is 7.65. The van der Waals surface area contributed by atoms with Gasteiger partial charge in [0.2, 0.25) is 11.8 Å². The van der Waals surface area contributed by atoms with Crippen LogP contribution in [0, 0.1) is 5.41 Å². The van der Waals surface area contributed by atoms with Crippen LogP contribution in [0.1, 0.15) is 58.6 Å². The lowest BCUT2D eigenvalue weighted by atomic mass is 9.67. The summed E-state index contributed by atoms with van der Waals surface area (Å²) >= 11 is 0. The average molecular weight is 582 g/mol. The monoisotopic (exact) mass is 581 g/mol. The van der Waals surface area contributed by atoms with Crippen LogP contribution in [0.4, 0.5) is 26.3 Å². The van der Waals surface area contributed by atoms with E-state index in [4.69, 9.17) is 0 Å². The second-order valence-electron chi connectivity index (χ2n) is 10.9. The molecule has 12 heteroatoms. The Hall–Kier alpha value is -3.41. The van der Waals surface area contributed by atoms with Crippen molar-refractivity contribution in [2.75, 3.05) is 39.3 Å². The standard InChI is InChI=1S/C29H29F6N3O3/c30-28(31,32)21-16-20(17-22(18-21)29(33,34)35)24(39)37-12-8-27(9-13-37)23(19-6-2-1-3-7-19)25(40)38(26(27)41)15-14-36-10-4-5-11-36/h1-3,6-7,16-18,23H,4-5,8-15H2. The molecule has 41 heavy (non-hydrogen) atoms. The van der Waals surface area contributed by atoms with Crippen LogP contribution in [0.3, 0.4) is 0 Å². The minimum absolute atomic E-state index is 0.0218. The molecule has 3 heterocycles. The van der Waals surface area contributed by atoms with Crippen LogP contribution in [0.2, 0.25) is 0 Å². The quantitative estimate of drug-likeness (QED) is 0.360. The summed E-state index contributed by atoms with van der Waals surface area (Å²) < 4.78 is 80.1. The number of halogens is 6. The highest BCUT2D eigenvalue weighted by atomic mass is 19.4. The predicted octanol–water partition coefficient (Wildman–Crippen LogP) is 5.20. The largest absolute Gasteiger partial charge is 0.416 e. The highest BCUT2D eigenvalue weighted by molar-refractivity contribution is 6.10. The molecule has 2 aromatic rings. The van der Waals surface area contributed by atoms with Crippen molar-refractivity contribution in [1.82, 2.24) is 14.7 Å². The molecule has 3 saturated heterocycles. The molecule has 3 aliphatic rings. The van der Waals surface area contributed by atoms with E-state index in [0.29, 0.717) is 24.2 Å². The number of likely N-dealkylation sites (tertiary alicyclic amines) is 3. The fraction of sp³-hybridized carbons (Fsp3) is 0.483. The lowest BCUT2D eigenvalue weighted by Crippen LogP contribution is -2.48. The van der Waals surface area contributed by atoms with Gasteiger partial charge in [0.25, 0.3) is 5.91 Å². The topological polar surface area (TPSA) is 60.9 Å². The molecule has 5 rings (SSSR count). The minimum atomic E-state index is -5.08. The van der Waals surface area contributed by atoms with Gasteiger partial charge in [-0.05, 0) is 62.5 Å². The molecule has 0 N–H and O–H groups in total. The number of piperidine rings is 1. The molecule has 1 spiro atoms. The summed E-state index contributed by atoms with van der Waals surface area (Å²) in [4.78, 5) is 45.4. The number of hydrogen-bond acceptors (Lipinski definition) is 4. The van der Waals surface area contributed by atoms with Crippen LogP contribution < -0.4 is 0 Å². The van der Waals surface area contributed by atoms with Gasteiger partial charge in [0.1, 0.15) is 0 Å². The Morgan fingerprint density at radius 3 is 1.90 bits per heavy atom. The molecule has 1 atom stereocenters. The molecule has 2 aromatic carbocycles. The summed E-state index contributed by atoms with van der Waals surface area (Å²) in [6.07, 6.45) is -7.96. The minimum Gasteiger partial charge on any atom is -0.339 e. The van der Waals surface area contributed by atoms with Crippen molar-refractivity contribution in [2.45, 2.75) is 44.0 Å². The second-order valence-corrected chi connectivity index (χ2v) is 10.9. The van der Waals surface area contributed by atoms with Crippen molar-refractivity contribution in [3.8, 4) is 0 Å².